The molecule has 1 aromatic heterocycles. The minimum atomic E-state index is -0.000840. The highest BCUT2D eigenvalue weighted by Crippen LogP contribution is 2.23. The Bertz CT molecular complexity index is 763. The molecule has 2 heterocycles. The molecule has 1 amide bonds. The molecule has 1 unspecified atom stereocenters. The summed E-state index contributed by atoms with van der Waals surface area (Å²) in [6.45, 7) is 7.72. The Morgan fingerprint density at radius 3 is 2.93 bits per heavy atom. The van der Waals surface area contributed by atoms with Crippen LogP contribution in [-0.2, 0) is 9.53 Å². The molecule has 0 aliphatic carbocycles. The van der Waals surface area contributed by atoms with Crippen molar-refractivity contribution in [2.45, 2.75) is 33.1 Å². The van der Waals surface area contributed by atoms with Crippen LogP contribution in [0.25, 0.3) is 11.3 Å². The molecule has 28 heavy (non-hydrogen) atoms. The Balaban J connectivity index is 1.55. The maximum absolute atomic E-state index is 12.5. The number of nitrogens with zero attached hydrogens (tertiary/aromatic N) is 3. The lowest BCUT2D eigenvalue weighted by Crippen LogP contribution is -2.43. The molecule has 0 bridgehead atoms. The van der Waals surface area contributed by atoms with Crippen LogP contribution in [0.15, 0.2) is 36.4 Å². The minimum Gasteiger partial charge on any atom is -0.382 e. The fourth-order valence-corrected chi connectivity index (χ4v) is 3.53. The van der Waals surface area contributed by atoms with Crippen molar-refractivity contribution in [2.75, 3.05) is 37.7 Å². The second kappa shape index (κ2) is 10.2. The smallest absolute Gasteiger partial charge is 0.224 e. The summed E-state index contributed by atoms with van der Waals surface area (Å²) in [6.07, 6.45) is 2.75. The summed E-state index contributed by atoms with van der Waals surface area (Å²) in [7, 11) is 0. The van der Waals surface area contributed by atoms with Gasteiger partial charge in [-0.05, 0) is 51.3 Å². The zero-order valence-corrected chi connectivity index (χ0v) is 16.9. The predicted octanol–water partition coefficient (Wildman–Crippen LogP) is 3.21. The van der Waals surface area contributed by atoms with Gasteiger partial charge < -0.3 is 15.0 Å². The topological polar surface area (TPSA) is 67.3 Å². The third-order valence-electron chi connectivity index (χ3n) is 5.05. The number of piperidine rings is 1. The van der Waals surface area contributed by atoms with E-state index in [0.717, 1.165) is 49.5 Å². The van der Waals surface area contributed by atoms with Gasteiger partial charge in [-0.2, -0.15) is 0 Å². The van der Waals surface area contributed by atoms with E-state index in [-0.39, 0.29) is 11.8 Å². The number of aromatic nitrogens is 2. The number of rotatable bonds is 8. The molecule has 0 spiro atoms. The third kappa shape index (κ3) is 5.52. The lowest BCUT2D eigenvalue weighted by Gasteiger charge is -2.32. The number of carbonyl (C=O) groups is 1. The number of carbonyl (C=O) groups excluding carboxylic acids is 1. The third-order valence-corrected chi connectivity index (χ3v) is 5.05. The Morgan fingerprint density at radius 2 is 2.18 bits per heavy atom. The largest absolute Gasteiger partial charge is 0.382 e. The van der Waals surface area contributed by atoms with Crippen LogP contribution in [0, 0.1) is 12.8 Å². The average molecular weight is 383 g/mol. The van der Waals surface area contributed by atoms with Gasteiger partial charge in [0.15, 0.2) is 5.82 Å². The van der Waals surface area contributed by atoms with E-state index in [1.807, 2.05) is 31.2 Å². The van der Waals surface area contributed by atoms with E-state index in [1.165, 1.54) is 5.56 Å². The summed E-state index contributed by atoms with van der Waals surface area (Å²) in [5.41, 5.74) is 3.14. The normalized spacial score (nSPS) is 16.8. The highest BCUT2D eigenvalue weighted by Gasteiger charge is 2.26. The lowest BCUT2D eigenvalue weighted by molar-refractivity contribution is -0.125. The van der Waals surface area contributed by atoms with Crippen molar-refractivity contribution in [3.05, 3.63) is 42.0 Å². The molecule has 0 saturated carbocycles. The molecule has 3 rings (SSSR count). The van der Waals surface area contributed by atoms with Gasteiger partial charge in [0, 0.05) is 38.4 Å². The van der Waals surface area contributed by atoms with E-state index in [4.69, 9.17) is 4.74 Å². The quantitative estimate of drug-likeness (QED) is 0.710. The first kappa shape index (κ1) is 20.3. The van der Waals surface area contributed by atoms with Crippen LogP contribution in [0.4, 0.5) is 5.82 Å². The maximum Gasteiger partial charge on any atom is 0.224 e. The van der Waals surface area contributed by atoms with Gasteiger partial charge in [0.25, 0.3) is 0 Å². The summed E-state index contributed by atoms with van der Waals surface area (Å²) in [5, 5.41) is 11.9. The molecular weight excluding hydrogens is 352 g/mol. The molecule has 150 valence electrons. The summed E-state index contributed by atoms with van der Waals surface area (Å²) >= 11 is 0. The van der Waals surface area contributed by atoms with Gasteiger partial charge in [-0.15, -0.1) is 10.2 Å². The van der Waals surface area contributed by atoms with Crippen LogP contribution in [0.1, 0.15) is 31.7 Å². The van der Waals surface area contributed by atoms with Crippen LogP contribution in [-0.4, -0.2) is 49.0 Å². The Kier molecular flexibility index (Phi) is 7.37. The molecule has 6 nitrogen and oxygen atoms in total. The number of ether oxygens (including phenoxy) is 1. The van der Waals surface area contributed by atoms with Crippen molar-refractivity contribution >= 4 is 11.7 Å². The van der Waals surface area contributed by atoms with Crippen LogP contribution >= 0.6 is 0 Å². The van der Waals surface area contributed by atoms with Gasteiger partial charge in [0.1, 0.15) is 0 Å². The first-order valence-electron chi connectivity index (χ1n) is 10.2. The Morgan fingerprint density at radius 1 is 1.29 bits per heavy atom. The molecule has 1 aromatic carbocycles. The molecule has 1 N–H and O–H groups in total. The molecule has 6 heteroatoms. The fourth-order valence-electron chi connectivity index (χ4n) is 3.53. The molecule has 1 fully saturated rings. The number of anilines is 1. The van der Waals surface area contributed by atoms with Crippen LogP contribution in [0.2, 0.25) is 0 Å². The zero-order valence-electron chi connectivity index (χ0n) is 16.9. The van der Waals surface area contributed by atoms with E-state index in [1.54, 1.807) is 0 Å². The summed E-state index contributed by atoms with van der Waals surface area (Å²) in [6, 6.07) is 12.3. The second-order valence-corrected chi connectivity index (χ2v) is 7.27. The summed E-state index contributed by atoms with van der Waals surface area (Å²) in [5.74, 6) is 0.967. The monoisotopic (exact) mass is 382 g/mol. The number of aryl methyl sites for hydroxylation is 1. The SMILES string of the molecule is CCOCCCNC(=O)C1CCCN(c2ccc(-c3cccc(C)c3)nn2)C1. The van der Waals surface area contributed by atoms with Crippen LogP contribution in [0.5, 0.6) is 0 Å². The Hall–Kier alpha value is -2.47. The standard InChI is InChI=1S/C22H30N4O2/c1-3-28-14-6-12-23-22(27)19-9-5-13-26(16-19)21-11-10-20(24-25-21)18-8-4-7-17(2)15-18/h4,7-8,10-11,15,19H,3,5-6,9,12-14,16H2,1-2H3,(H,23,27). The number of hydrogen-bond donors (Lipinski definition) is 1. The first-order chi connectivity index (χ1) is 13.7. The zero-order chi connectivity index (χ0) is 19.8. The number of hydrogen-bond acceptors (Lipinski definition) is 5. The Labute approximate surface area is 167 Å². The van der Waals surface area contributed by atoms with Crippen molar-refractivity contribution in [2.24, 2.45) is 5.92 Å². The van der Waals surface area contributed by atoms with E-state index >= 15 is 0 Å². The molecule has 1 saturated heterocycles. The molecule has 0 radical (unpaired) electrons. The molecule has 1 atom stereocenters. The maximum atomic E-state index is 12.5. The lowest BCUT2D eigenvalue weighted by atomic mass is 9.97. The molecule has 2 aromatic rings. The van der Waals surface area contributed by atoms with Gasteiger partial charge in [0.2, 0.25) is 5.91 Å². The van der Waals surface area contributed by atoms with Gasteiger partial charge in [-0.25, -0.2) is 0 Å². The highest BCUT2D eigenvalue weighted by molar-refractivity contribution is 5.79. The second-order valence-electron chi connectivity index (χ2n) is 7.27. The predicted molar refractivity (Wildman–Crippen MR) is 111 cm³/mol. The van der Waals surface area contributed by atoms with E-state index < -0.39 is 0 Å². The molecular formula is C22H30N4O2. The molecule has 1 aliphatic heterocycles. The van der Waals surface area contributed by atoms with Crippen molar-refractivity contribution in [3.8, 4) is 11.3 Å². The molecule has 1 aliphatic rings. The number of benzene rings is 1. The van der Waals surface area contributed by atoms with Crippen molar-refractivity contribution < 1.29 is 9.53 Å². The van der Waals surface area contributed by atoms with Gasteiger partial charge in [-0.1, -0.05) is 23.8 Å². The van der Waals surface area contributed by atoms with Crippen LogP contribution in [0.3, 0.4) is 0 Å². The van der Waals surface area contributed by atoms with Crippen LogP contribution < -0.4 is 10.2 Å². The van der Waals surface area contributed by atoms with Gasteiger partial charge >= 0.3 is 0 Å². The fraction of sp³-hybridized carbons (Fsp3) is 0.500. The van der Waals surface area contributed by atoms with Crippen molar-refractivity contribution in [1.29, 1.82) is 0 Å². The van der Waals surface area contributed by atoms with E-state index in [9.17, 15) is 4.79 Å². The van der Waals surface area contributed by atoms with Gasteiger partial charge in [0.05, 0.1) is 11.6 Å². The summed E-state index contributed by atoms with van der Waals surface area (Å²) in [4.78, 5) is 14.6. The van der Waals surface area contributed by atoms with E-state index in [2.05, 4.69) is 39.5 Å². The highest BCUT2D eigenvalue weighted by atomic mass is 16.5. The van der Waals surface area contributed by atoms with Crippen molar-refractivity contribution in [1.82, 2.24) is 15.5 Å². The minimum absolute atomic E-state index is 0.000840. The first-order valence-corrected chi connectivity index (χ1v) is 10.2. The van der Waals surface area contributed by atoms with Gasteiger partial charge in [-0.3, -0.25) is 4.79 Å². The number of amides is 1. The average Bonchev–Trinajstić information content (AvgIpc) is 2.74. The van der Waals surface area contributed by atoms with E-state index in [0.29, 0.717) is 19.7 Å². The van der Waals surface area contributed by atoms with Crippen molar-refractivity contribution in [3.63, 3.8) is 0 Å². The summed E-state index contributed by atoms with van der Waals surface area (Å²) < 4.78 is 5.31. The number of nitrogens with one attached hydrogen (secondary N) is 1.